The number of aromatic carboxylic acids is 1. The van der Waals surface area contributed by atoms with Crippen LogP contribution in [-0.2, 0) is 4.74 Å². The number of hydrogen-bond donors (Lipinski definition) is 1. The maximum absolute atomic E-state index is 12.0. The molecule has 34 heavy (non-hydrogen) atoms. The van der Waals surface area contributed by atoms with E-state index in [1.807, 2.05) is 35.0 Å². The molecule has 3 fully saturated rings. The smallest absolute Gasteiger partial charge is 0.354 e. The van der Waals surface area contributed by atoms with Crippen LogP contribution in [0, 0.1) is 0 Å². The van der Waals surface area contributed by atoms with Crippen molar-refractivity contribution in [3.05, 3.63) is 47.8 Å². The Morgan fingerprint density at radius 2 is 1.85 bits per heavy atom. The van der Waals surface area contributed by atoms with Crippen LogP contribution in [0.15, 0.2) is 36.4 Å². The highest BCUT2D eigenvalue weighted by Crippen LogP contribution is 2.42. The number of pyridine rings is 1. The molecule has 3 aliphatic rings. The van der Waals surface area contributed by atoms with Crippen LogP contribution in [0.2, 0.25) is 0 Å². The van der Waals surface area contributed by atoms with Gasteiger partial charge in [-0.25, -0.2) is 14.5 Å². The fraction of sp³-hybridized carbons (Fsp3) is 0.500. The molecule has 1 aromatic carbocycles. The molecule has 1 unspecified atom stereocenters. The van der Waals surface area contributed by atoms with Gasteiger partial charge < -0.3 is 14.7 Å². The molecule has 6 rings (SSSR count). The number of fused-ring (bicyclic) bond motifs is 1. The van der Waals surface area contributed by atoms with Crippen LogP contribution < -0.4 is 4.90 Å². The number of rotatable bonds is 6. The minimum Gasteiger partial charge on any atom is -0.477 e. The Bertz CT molecular complexity index is 1180. The summed E-state index contributed by atoms with van der Waals surface area (Å²) in [5, 5.41) is 15.9. The largest absolute Gasteiger partial charge is 0.477 e. The first kappa shape index (κ1) is 21.6. The molecule has 0 amide bonds. The summed E-state index contributed by atoms with van der Waals surface area (Å²) in [6.07, 6.45) is 6.12. The molecule has 1 saturated carbocycles. The van der Waals surface area contributed by atoms with Gasteiger partial charge in [-0.2, -0.15) is 5.10 Å². The van der Waals surface area contributed by atoms with Gasteiger partial charge >= 0.3 is 5.97 Å². The quantitative estimate of drug-likeness (QED) is 0.599. The number of carboxylic acid groups (broad SMARTS) is 1. The fourth-order valence-electron chi connectivity index (χ4n) is 5.45. The number of carbonyl (C=O) groups is 1. The van der Waals surface area contributed by atoms with Crippen molar-refractivity contribution in [1.29, 1.82) is 0 Å². The highest BCUT2D eigenvalue weighted by Gasteiger charge is 2.31. The van der Waals surface area contributed by atoms with Gasteiger partial charge in [-0.1, -0.05) is 24.6 Å². The third kappa shape index (κ3) is 3.95. The molecular formula is C26H31N5O3. The Labute approximate surface area is 199 Å². The lowest BCUT2D eigenvalue weighted by atomic mass is 9.82. The van der Waals surface area contributed by atoms with E-state index in [1.165, 1.54) is 6.42 Å². The lowest BCUT2D eigenvalue weighted by Gasteiger charge is -2.37. The van der Waals surface area contributed by atoms with Gasteiger partial charge in [0.1, 0.15) is 0 Å². The van der Waals surface area contributed by atoms with Gasteiger partial charge in [0.25, 0.3) is 0 Å². The van der Waals surface area contributed by atoms with Crippen LogP contribution in [0.3, 0.4) is 0 Å². The van der Waals surface area contributed by atoms with E-state index < -0.39 is 5.97 Å². The van der Waals surface area contributed by atoms with E-state index in [9.17, 15) is 9.90 Å². The van der Waals surface area contributed by atoms with Gasteiger partial charge in [0.15, 0.2) is 11.3 Å². The number of nitrogens with zero attached hydrogens (tertiary/aromatic N) is 5. The standard InChI is InChI=1S/C26H31N5O3/c32-26(33)21-16-22(30-13-11-29(12-14-30)17-20-10-5-15-34-20)23-24(18-6-4-7-18)28-31(25(23)27-21)19-8-2-1-3-9-19/h1-3,8-9,16,18,20H,4-7,10-15,17H2,(H,32,33). The van der Waals surface area contributed by atoms with Gasteiger partial charge in [0, 0.05) is 45.2 Å². The number of aromatic nitrogens is 3. The van der Waals surface area contributed by atoms with Crippen molar-refractivity contribution in [3.8, 4) is 5.69 Å². The number of anilines is 1. The highest BCUT2D eigenvalue weighted by atomic mass is 16.5. The van der Waals surface area contributed by atoms with Crippen LogP contribution in [0.5, 0.6) is 0 Å². The van der Waals surface area contributed by atoms with Crippen LogP contribution in [0.25, 0.3) is 16.7 Å². The molecule has 1 N–H and O–H groups in total. The van der Waals surface area contributed by atoms with Crippen LogP contribution >= 0.6 is 0 Å². The van der Waals surface area contributed by atoms with E-state index in [-0.39, 0.29) is 5.69 Å². The van der Waals surface area contributed by atoms with E-state index in [0.29, 0.717) is 17.7 Å². The lowest BCUT2D eigenvalue weighted by Crippen LogP contribution is -2.48. The van der Waals surface area contributed by atoms with Crippen LogP contribution in [0.4, 0.5) is 5.69 Å². The predicted molar refractivity (Wildman–Crippen MR) is 130 cm³/mol. The van der Waals surface area contributed by atoms with Gasteiger partial charge in [-0.15, -0.1) is 0 Å². The van der Waals surface area contributed by atoms with E-state index in [1.54, 1.807) is 6.07 Å². The highest BCUT2D eigenvalue weighted by molar-refractivity contribution is 5.98. The van der Waals surface area contributed by atoms with Crippen molar-refractivity contribution in [2.75, 3.05) is 44.2 Å². The summed E-state index contributed by atoms with van der Waals surface area (Å²) < 4.78 is 7.67. The van der Waals surface area contributed by atoms with Crippen molar-refractivity contribution in [2.45, 2.75) is 44.1 Å². The zero-order valence-corrected chi connectivity index (χ0v) is 19.4. The minimum absolute atomic E-state index is 0.0709. The topological polar surface area (TPSA) is 83.7 Å². The van der Waals surface area contributed by atoms with Crippen LogP contribution in [-0.4, -0.2) is 76.2 Å². The molecule has 178 valence electrons. The zero-order valence-electron chi connectivity index (χ0n) is 19.4. The first-order chi connectivity index (χ1) is 16.7. The molecule has 1 aliphatic carbocycles. The van der Waals surface area contributed by atoms with Crippen molar-refractivity contribution < 1.29 is 14.6 Å². The Morgan fingerprint density at radius 3 is 2.50 bits per heavy atom. The Kier molecular flexibility index (Phi) is 5.71. The first-order valence-electron chi connectivity index (χ1n) is 12.5. The number of para-hydroxylation sites is 1. The van der Waals surface area contributed by atoms with E-state index in [4.69, 9.17) is 9.84 Å². The van der Waals surface area contributed by atoms with Gasteiger partial charge in [-0.05, 0) is 43.9 Å². The second-order valence-corrected chi connectivity index (χ2v) is 9.71. The Hall–Kier alpha value is -2.97. The number of benzene rings is 1. The lowest BCUT2D eigenvalue weighted by molar-refractivity contribution is 0.0689. The Balaban J connectivity index is 1.39. The van der Waals surface area contributed by atoms with Crippen LogP contribution in [0.1, 0.15) is 54.2 Å². The molecule has 4 heterocycles. The predicted octanol–water partition coefficient (Wildman–Crippen LogP) is 3.69. The van der Waals surface area contributed by atoms with E-state index in [2.05, 4.69) is 14.8 Å². The maximum Gasteiger partial charge on any atom is 0.354 e. The van der Waals surface area contributed by atoms with E-state index in [0.717, 1.165) is 87.5 Å². The minimum atomic E-state index is -1.01. The summed E-state index contributed by atoms with van der Waals surface area (Å²) in [5.41, 5.74) is 3.64. The normalized spacial score (nSPS) is 21.8. The molecule has 2 aromatic heterocycles. The average molecular weight is 462 g/mol. The summed E-state index contributed by atoms with van der Waals surface area (Å²) in [4.78, 5) is 21.5. The molecule has 2 aliphatic heterocycles. The average Bonchev–Trinajstić information content (AvgIpc) is 3.47. The molecule has 8 heteroatoms. The second-order valence-electron chi connectivity index (χ2n) is 9.71. The van der Waals surface area contributed by atoms with Gasteiger partial charge in [0.05, 0.1) is 28.6 Å². The molecule has 3 aromatic rings. The molecule has 0 bridgehead atoms. The summed E-state index contributed by atoms with van der Waals surface area (Å²) in [6.45, 7) is 5.46. The number of hydrogen-bond acceptors (Lipinski definition) is 6. The SMILES string of the molecule is O=C(O)c1cc(N2CCN(CC3CCCO3)CC2)c2c(C3CCC3)nn(-c3ccccc3)c2n1. The number of piperazine rings is 1. The monoisotopic (exact) mass is 461 g/mol. The third-order valence-electron chi connectivity index (χ3n) is 7.55. The second kappa shape index (κ2) is 9.00. The first-order valence-corrected chi connectivity index (χ1v) is 12.5. The van der Waals surface area contributed by atoms with Crippen molar-refractivity contribution in [3.63, 3.8) is 0 Å². The van der Waals surface area contributed by atoms with Gasteiger partial charge in [-0.3, -0.25) is 4.90 Å². The van der Waals surface area contributed by atoms with Crippen molar-refractivity contribution in [2.24, 2.45) is 0 Å². The maximum atomic E-state index is 12.0. The molecule has 0 spiro atoms. The van der Waals surface area contributed by atoms with E-state index >= 15 is 0 Å². The summed E-state index contributed by atoms with van der Waals surface area (Å²) >= 11 is 0. The number of ether oxygens (including phenoxy) is 1. The Morgan fingerprint density at radius 1 is 1.06 bits per heavy atom. The summed E-state index contributed by atoms with van der Waals surface area (Å²) in [6, 6.07) is 11.7. The summed E-state index contributed by atoms with van der Waals surface area (Å²) in [5.74, 6) is -0.601. The fourth-order valence-corrected chi connectivity index (χ4v) is 5.45. The molecule has 0 radical (unpaired) electrons. The van der Waals surface area contributed by atoms with Crippen molar-refractivity contribution >= 4 is 22.7 Å². The molecule has 8 nitrogen and oxygen atoms in total. The summed E-state index contributed by atoms with van der Waals surface area (Å²) in [7, 11) is 0. The molecular weight excluding hydrogens is 430 g/mol. The van der Waals surface area contributed by atoms with Gasteiger partial charge in [0.2, 0.25) is 0 Å². The molecule has 1 atom stereocenters. The third-order valence-corrected chi connectivity index (χ3v) is 7.55. The number of carboxylic acids is 1. The zero-order chi connectivity index (χ0) is 23.1. The van der Waals surface area contributed by atoms with Crippen molar-refractivity contribution in [1.82, 2.24) is 19.7 Å². The molecule has 2 saturated heterocycles.